The van der Waals surface area contributed by atoms with E-state index in [1.165, 1.54) is 13.8 Å². The number of hydrogen-bond acceptors (Lipinski definition) is 6. The molecular formula is C18H19F4NO6. The first-order valence-corrected chi connectivity index (χ1v) is 8.49. The number of amides is 2. The molecule has 1 aliphatic rings. The number of imide groups is 1. The summed E-state index contributed by atoms with van der Waals surface area (Å²) in [6, 6.07) is 0.0391. The van der Waals surface area contributed by atoms with Crippen LogP contribution in [0.25, 0.3) is 0 Å². The number of halogens is 4. The number of ether oxygens (including phenoxy) is 1. The Balaban J connectivity index is 0.000000296. The van der Waals surface area contributed by atoms with Gasteiger partial charge in [-0.15, -0.1) is 5.06 Å². The molecule has 7 nitrogen and oxygen atoms in total. The summed E-state index contributed by atoms with van der Waals surface area (Å²) in [5.74, 6) is -11.5. The van der Waals surface area contributed by atoms with Gasteiger partial charge in [0.05, 0.1) is 11.8 Å². The Labute approximate surface area is 163 Å². The van der Waals surface area contributed by atoms with Crippen molar-refractivity contribution in [3.63, 3.8) is 0 Å². The SMILES string of the molecule is CC(C)C(=O)ON1C(=O)CCC1=O.CC(C)C(=O)Oc1c(F)c(F)cc(F)c1F. The van der Waals surface area contributed by atoms with Crippen LogP contribution in [0.15, 0.2) is 6.07 Å². The average molecular weight is 421 g/mol. The van der Waals surface area contributed by atoms with Crippen molar-refractivity contribution >= 4 is 23.8 Å². The molecule has 1 heterocycles. The third-order valence-corrected chi connectivity index (χ3v) is 3.40. The van der Waals surface area contributed by atoms with Gasteiger partial charge in [0.25, 0.3) is 11.8 Å². The topological polar surface area (TPSA) is 90.0 Å². The third kappa shape index (κ3) is 6.26. The molecule has 1 saturated heterocycles. The molecule has 1 aliphatic heterocycles. The van der Waals surface area contributed by atoms with E-state index in [2.05, 4.69) is 9.57 Å². The lowest BCUT2D eigenvalue weighted by atomic mass is 10.2. The number of hydrogen-bond donors (Lipinski definition) is 0. The highest BCUT2D eigenvalue weighted by Crippen LogP contribution is 2.27. The van der Waals surface area contributed by atoms with Crippen LogP contribution in [0.4, 0.5) is 17.6 Å². The Morgan fingerprint density at radius 1 is 0.862 bits per heavy atom. The minimum Gasteiger partial charge on any atom is -0.420 e. The average Bonchev–Trinajstić information content (AvgIpc) is 2.95. The van der Waals surface area contributed by atoms with Gasteiger partial charge in [-0.1, -0.05) is 27.7 Å². The Kier molecular flexibility index (Phi) is 8.28. The molecule has 0 bridgehead atoms. The second kappa shape index (κ2) is 9.99. The van der Waals surface area contributed by atoms with Gasteiger partial charge in [0.2, 0.25) is 17.4 Å². The van der Waals surface area contributed by atoms with Crippen LogP contribution in [-0.4, -0.2) is 28.8 Å². The van der Waals surface area contributed by atoms with Crippen LogP contribution >= 0.6 is 0 Å². The number of nitrogens with zero attached hydrogens (tertiary/aromatic N) is 1. The summed E-state index contributed by atoms with van der Waals surface area (Å²) < 4.78 is 55.6. The fourth-order valence-electron chi connectivity index (χ4n) is 1.71. The highest BCUT2D eigenvalue weighted by Gasteiger charge is 2.33. The molecule has 0 N–H and O–H groups in total. The van der Waals surface area contributed by atoms with Gasteiger partial charge in [-0.3, -0.25) is 14.4 Å². The summed E-state index contributed by atoms with van der Waals surface area (Å²) in [6.07, 6.45) is 0.258. The van der Waals surface area contributed by atoms with Crippen molar-refractivity contribution in [3.05, 3.63) is 29.3 Å². The van der Waals surface area contributed by atoms with E-state index in [1.807, 2.05) is 0 Å². The molecule has 1 aromatic rings. The van der Waals surface area contributed by atoms with Gasteiger partial charge in [0.15, 0.2) is 11.6 Å². The van der Waals surface area contributed by atoms with Crippen molar-refractivity contribution in [2.75, 3.05) is 0 Å². The molecule has 1 fully saturated rings. The van der Waals surface area contributed by atoms with Crippen molar-refractivity contribution in [2.45, 2.75) is 40.5 Å². The summed E-state index contributed by atoms with van der Waals surface area (Å²) >= 11 is 0. The maximum absolute atomic E-state index is 13.0. The maximum Gasteiger partial charge on any atom is 0.335 e. The molecule has 2 rings (SSSR count). The van der Waals surface area contributed by atoms with Crippen LogP contribution in [0, 0.1) is 35.1 Å². The molecule has 2 amide bonds. The van der Waals surface area contributed by atoms with Crippen molar-refractivity contribution in [3.8, 4) is 5.75 Å². The second-order valence-corrected chi connectivity index (χ2v) is 6.52. The molecular weight excluding hydrogens is 402 g/mol. The zero-order valence-electron chi connectivity index (χ0n) is 16.1. The number of benzene rings is 1. The maximum atomic E-state index is 13.0. The molecule has 0 saturated carbocycles. The minimum atomic E-state index is -1.73. The summed E-state index contributed by atoms with van der Waals surface area (Å²) in [5, 5.41) is 0.558. The first-order valence-electron chi connectivity index (χ1n) is 8.49. The first-order chi connectivity index (χ1) is 13.4. The van der Waals surface area contributed by atoms with E-state index in [-0.39, 0.29) is 24.8 Å². The highest BCUT2D eigenvalue weighted by molar-refractivity contribution is 6.01. The normalized spacial score (nSPS) is 13.5. The zero-order valence-corrected chi connectivity index (χ0v) is 16.1. The summed E-state index contributed by atoms with van der Waals surface area (Å²) in [6.45, 7) is 6.09. The number of carbonyl (C=O) groups excluding carboxylic acids is 4. The van der Waals surface area contributed by atoms with E-state index < -0.39 is 58.7 Å². The molecule has 0 aliphatic carbocycles. The Hall–Kier alpha value is -2.98. The van der Waals surface area contributed by atoms with Gasteiger partial charge in [-0.25, -0.2) is 13.6 Å². The van der Waals surface area contributed by atoms with E-state index in [0.29, 0.717) is 5.06 Å². The molecule has 0 atom stereocenters. The zero-order chi connectivity index (χ0) is 22.5. The second-order valence-electron chi connectivity index (χ2n) is 6.52. The largest absolute Gasteiger partial charge is 0.420 e. The molecule has 0 spiro atoms. The smallest absolute Gasteiger partial charge is 0.335 e. The van der Waals surface area contributed by atoms with Gasteiger partial charge in [-0.2, -0.15) is 8.78 Å². The van der Waals surface area contributed by atoms with Gasteiger partial charge in [0.1, 0.15) is 0 Å². The van der Waals surface area contributed by atoms with Crippen molar-refractivity contribution in [1.29, 1.82) is 0 Å². The lowest BCUT2D eigenvalue weighted by molar-refractivity contribution is -0.199. The van der Waals surface area contributed by atoms with Crippen LogP contribution in [-0.2, 0) is 24.0 Å². The summed E-state index contributed by atoms with van der Waals surface area (Å²) in [7, 11) is 0. The van der Waals surface area contributed by atoms with Gasteiger partial charge < -0.3 is 9.57 Å². The predicted octanol–water partition coefficient (Wildman–Crippen LogP) is 3.05. The van der Waals surface area contributed by atoms with E-state index in [9.17, 15) is 36.7 Å². The van der Waals surface area contributed by atoms with E-state index in [0.717, 1.165) is 0 Å². The quantitative estimate of drug-likeness (QED) is 0.244. The highest BCUT2D eigenvalue weighted by atomic mass is 19.2. The molecule has 29 heavy (non-hydrogen) atoms. The molecule has 1 aromatic carbocycles. The Bertz CT molecular complexity index is 783. The number of hydroxylamine groups is 2. The van der Waals surface area contributed by atoms with E-state index in [4.69, 9.17) is 0 Å². The van der Waals surface area contributed by atoms with Crippen LogP contribution < -0.4 is 4.74 Å². The molecule has 0 radical (unpaired) electrons. The number of rotatable bonds is 4. The molecule has 0 unspecified atom stereocenters. The van der Waals surface area contributed by atoms with E-state index >= 15 is 0 Å². The van der Waals surface area contributed by atoms with Crippen LogP contribution in [0.3, 0.4) is 0 Å². The number of carbonyl (C=O) groups is 4. The van der Waals surface area contributed by atoms with Gasteiger partial charge in [-0.05, 0) is 0 Å². The van der Waals surface area contributed by atoms with Gasteiger partial charge in [0, 0.05) is 18.9 Å². The number of esters is 1. The third-order valence-electron chi connectivity index (χ3n) is 3.40. The summed E-state index contributed by atoms with van der Waals surface area (Å²) in [4.78, 5) is 48.6. The molecule has 160 valence electrons. The predicted molar refractivity (Wildman–Crippen MR) is 88.8 cm³/mol. The van der Waals surface area contributed by atoms with Crippen molar-refractivity contribution in [2.24, 2.45) is 11.8 Å². The molecule has 11 heteroatoms. The fourth-order valence-corrected chi connectivity index (χ4v) is 1.71. The standard InChI is InChI=1S/C10H8F4O2.C8H11NO4/c1-4(2)10(15)16-9-7(13)5(11)3-6(12)8(9)14;1-5(2)8(12)13-9-6(10)3-4-7(9)11/h3-4H,1-2H3;5H,3-4H2,1-2H3. The fraction of sp³-hybridized carbons (Fsp3) is 0.444. The molecule has 0 aromatic heterocycles. The summed E-state index contributed by atoms with van der Waals surface area (Å²) in [5.41, 5.74) is 0. The lowest BCUT2D eigenvalue weighted by Crippen LogP contribution is -2.33. The Morgan fingerprint density at radius 3 is 1.66 bits per heavy atom. The van der Waals surface area contributed by atoms with Crippen LogP contribution in [0.1, 0.15) is 40.5 Å². The Morgan fingerprint density at radius 2 is 1.28 bits per heavy atom. The van der Waals surface area contributed by atoms with Crippen molar-refractivity contribution in [1.82, 2.24) is 5.06 Å². The minimum absolute atomic E-state index is 0.0391. The monoisotopic (exact) mass is 421 g/mol. The van der Waals surface area contributed by atoms with Crippen LogP contribution in [0.2, 0.25) is 0 Å². The lowest BCUT2D eigenvalue weighted by Gasteiger charge is -2.13. The van der Waals surface area contributed by atoms with Crippen LogP contribution in [0.5, 0.6) is 5.75 Å². The van der Waals surface area contributed by atoms with E-state index in [1.54, 1.807) is 13.8 Å². The first kappa shape index (κ1) is 24.1. The van der Waals surface area contributed by atoms with Crippen molar-refractivity contribution < 1.29 is 46.3 Å². The van der Waals surface area contributed by atoms with Gasteiger partial charge >= 0.3 is 11.9 Å².